The van der Waals surface area contributed by atoms with Crippen molar-refractivity contribution in [1.29, 1.82) is 0 Å². The Labute approximate surface area is 173 Å². The number of halogens is 1. The number of aliphatic imine (C=N–C) groups is 1. The lowest BCUT2D eigenvalue weighted by Crippen LogP contribution is -2.39. The van der Waals surface area contributed by atoms with Gasteiger partial charge < -0.3 is 10.6 Å². The molecule has 2 aromatic heterocycles. The molecule has 0 aromatic carbocycles. The van der Waals surface area contributed by atoms with Crippen molar-refractivity contribution in [2.75, 3.05) is 19.6 Å². The average Bonchev–Trinajstić information content (AvgIpc) is 3.15. The van der Waals surface area contributed by atoms with Crippen molar-refractivity contribution >= 4 is 47.0 Å². The van der Waals surface area contributed by atoms with E-state index in [0.29, 0.717) is 25.6 Å². The number of aryl methyl sites for hydroxylation is 2. The van der Waals surface area contributed by atoms with Gasteiger partial charge in [-0.3, -0.25) is 19.8 Å². The molecule has 0 amide bonds. The van der Waals surface area contributed by atoms with Crippen LogP contribution in [0.3, 0.4) is 0 Å². The van der Waals surface area contributed by atoms with Gasteiger partial charge in [0.15, 0.2) is 5.96 Å². The van der Waals surface area contributed by atoms with Crippen LogP contribution in [0.1, 0.15) is 22.5 Å². The molecule has 0 bridgehead atoms. The van der Waals surface area contributed by atoms with E-state index < -0.39 is 4.92 Å². The van der Waals surface area contributed by atoms with Crippen molar-refractivity contribution < 1.29 is 4.92 Å². The highest BCUT2D eigenvalue weighted by Gasteiger charge is 2.08. The third-order valence-electron chi connectivity index (χ3n) is 3.48. The van der Waals surface area contributed by atoms with Crippen LogP contribution in [0.5, 0.6) is 0 Å². The quantitative estimate of drug-likeness (QED) is 0.192. The number of nitro groups is 1. The first-order valence-corrected chi connectivity index (χ1v) is 8.93. The van der Waals surface area contributed by atoms with E-state index in [4.69, 9.17) is 0 Å². The molecule has 0 saturated carbocycles. The summed E-state index contributed by atoms with van der Waals surface area (Å²) in [5.74, 6) is 0.717. The van der Waals surface area contributed by atoms with E-state index in [-0.39, 0.29) is 29.7 Å². The maximum absolute atomic E-state index is 10.6. The van der Waals surface area contributed by atoms with Crippen molar-refractivity contribution in [1.82, 2.24) is 25.4 Å². The van der Waals surface area contributed by atoms with Crippen molar-refractivity contribution in [3.8, 4) is 0 Å². The Kier molecular flexibility index (Phi) is 9.48. The number of rotatable bonds is 8. The summed E-state index contributed by atoms with van der Waals surface area (Å²) in [5, 5.41) is 22.1. The minimum absolute atomic E-state index is 0. The Bertz CT molecular complexity index is 725. The standard InChI is InChI=1S/C15H23N7O2S.HI/c1-4-16-15(17-6-5-14-20-11(2)12(3)25-14)18-7-8-21-10-13(9-19-21)22(23)24;/h9-10H,4-8H2,1-3H3,(H2,16,17,18);1H. The molecule has 0 aliphatic rings. The molecule has 0 saturated heterocycles. The molecule has 2 aromatic rings. The van der Waals surface area contributed by atoms with Gasteiger partial charge in [0.25, 0.3) is 0 Å². The first-order valence-electron chi connectivity index (χ1n) is 8.11. The second-order valence-electron chi connectivity index (χ2n) is 5.41. The molecule has 2 heterocycles. The molecule has 11 heteroatoms. The summed E-state index contributed by atoms with van der Waals surface area (Å²) in [7, 11) is 0. The number of hydrogen-bond acceptors (Lipinski definition) is 6. The molecule has 0 fully saturated rings. The molecule has 9 nitrogen and oxygen atoms in total. The summed E-state index contributed by atoms with van der Waals surface area (Å²) in [6, 6.07) is 0. The van der Waals surface area contributed by atoms with E-state index in [0.717, 1.165) is 23.7 Å². The molecule has 144 valence electrons. The zero-order valence-electron chi connectivity index (χ0n) is 15.1. The number of thiazole rings is 1. The molecule has 0 aliphatic heterocycles. The number of nitrogens with zero attached hydrogens (tertiary/aromatic N) is 5. The Morgan fingerprint density at radius 2 is 2.19 bits per heavy atom. The van der Waals surface area contributed by atoms with Gasteiger partial charge in [0, 0.05) is 30.9 Å². The predicted octanol–water partition coefficient (Wildman–Crippen LogP) is 2.28. The van der Waals surface area contributed by atoms with E-state index in [1.165, 1.54) is 22.0 Å². The van der Waals surface area contributed by atoms with Crippen molar-refractivity contribution in [3.05, 3.63) is 38.1 Å². The average molecular weight is 493 g/mol. The highest BCUT2D eigenvalue weighted by atomic mass is 127. The SMILES string of the molecule is CCNC(=NCCc1nc(C)c(C)s1)NCCn1cc([N+](=O)[O-])cn1.I. The maximum Gasteiger partial charge on any atom is 0.306 e. The first kappa shape index (κ1) is 22.3. The Morgan fingerprint density at radius 1 is 1.42 bits per heavy atom. The fraction of sp³-hybridized carbons (Fsp3) is 0.533. The van der Waals surface area contributed by atoms with Gasteiger partial charge in [-0.2, -0.15) is 5.10 Å². The highest BCUT2D eigenvalue weighted by Crippen LogP contribution is 2.16. The van der Waals surface area contributed by atoms with Crippen LogP contribution in [0.4, 0.5) is 5.69 Å². The van der Waals surface area contributed by atoms with Crippen molar-refractivity contribution in [2.24, 2.45) is 4.99 Å². The molecule has 2 rings (SSSR count). The van der Waals surface area contributed by atoms with Crippen LogP contribution in [-0.4, -0.2) is 45.3 Å². The van der Waals surface area contributed by atoms with E-state index in [1.54, 1.807) is 11.3 Å². The number of guanidine groups is 1. The Morgan fingerprint density at radius 3 is 2.77 bits per heavy atom. The van der Waals surface area contributed by atoms with Gasteiger partial charge >= 0.3 is 5.69 Å². The Balaban J connectivity index is 0.00000338. The van der Waals surface area contributed by atoms with Crippen LogP contribution in [0.25, 0.3) is 0 Å². The lowest BCUT2D eigenvalue weighted by Gasteiger charge is -2.11. The molecule has 2 N–H and O–H groups in total. The predicted molar refractivity (Wildman–Crippen MR) is 114 cm³/mol. The second kappa shape index (κ2) is 11.1. The highest BCUT2D eigenvalue weighted by molar-refractivity contribution is 14.0. The van der Waals surface area contributed by atoms with Gasteiger partial charge in [-0.05, 0) is 20.8 Å². The monoisotopic (exact) mass is 493 g/mol. The smallest absolute Gasteiger partial charge is 0.306 e. The number of aromatic nitrogens is 3. The summed E-state index contributed by atoms with van der Waals surface area (Å²) in [4.78, 5) is 20.5. The van der Waals surface area contributed by atoms with Gasteiger partial charge in [-0.25, -0.2) is 4.98 Å². The topological polar surface area (TPSA) is 110 Å². The van der Waals surface area contributed by atoms with Crippen LogP contribution < -0.4 is 10.6 Å². The minimum atomic E-state index is -0.454. The molecule has 0 unspecified atom stereocenters. The minimum Gasteiger partial charge on any atom is -0.357 e. The van der Waals surface area contributed by atoms with Gasteiger partial charge in [0.1, 0.15) is 12.4 Å². The van der Waals surface area contributed by atoms with Crippen LogP contribution in [0, 0.1) is 24.0 Å². The summed E-state index contributed by atoms with van der Waals surface area (Å²) < 4.78 is 1.54. The molecule has 0 atom stereocenters. The van der Waals surface area contributed by atoms with Crippen LogP contribution in [0.15, 0.2) is 17.4 Å². The third kappa shape index (κ3) is 6.86. The van der Waals surface area contributed by atoms with Crippen LogP contribution >= 0.6 is 35.3 Å². The molecule has 0 aliphatic carbocycles. The third-order valence-corrected chi connectivity index (χ3v) is 4.61. The summed E-state index contributed by atoms with van der Waals surface area (Å²) in [5.41, 5.74) is 1.08. The van der Waals surface area contributed by atoms with Crippen LogP contribution in [0.2, 0.25) is 0 Å². The fourth-order valence-corrected chi connectivity index (χ4v) is 3.03. The molecular formula is C15H24IN7O2S. The normalized spacial score (nSPS) is 11.1. The van der Waals surface area contributed by atoms with Gasteiger partial charge in [-0.15, -0.1) is 35.3 Å². The number of nitrogens with one attached hydrogen (secondary N) is 2. The maximum atomic E-state index is 10.6. The van der Waals surface area contributed by atoms with E-state index >= 15 is 0 Å². The van der Waals surface area contributed by atoms with E-state index in [2.05, 4.69) is 32.6 Å². The van der Waals surface area contributed by atoms with Crippen molar-refractivity contribution in [2.45, 2.75) is 33.7 Å². The zero-order valence-corrected chi connectivity index (χ0v) is 18.2. The van der Waals surface area contributed by atoms with E-state index in [1.807, 2.05) is 13.8 Å². The lowest BCUT2D eigenvalue weighted by atomic mass is 10.4. The van der Waals surface area contributed by atoms with Gasteiger partial charge in [0.2, 0.25) is 0 Å². The summed E-state index contributed by atoms with van der Waals surface area (Å²) >= 11 is 1.71. The summed E-state index contributed by atoms with van der Waals surface area (Å²) in [6.45, 7) is 8.59. The largest absolute Gasteiger partial charge is 0.357 e. The van der Waals surface area contributed by atoms with Crippen LogP contribution in [-0.2, 0) is 13.0 Å². The molecule has 0 radical (unpaired) electrons. The number of hydrogen-bond donors (Lipinski definition) is 2. The van der Waals surface area contributed by atoms with E-state index in [9.17, 15) is 10.1 Å². The van der Waals surface area contributed by atoms with Crippen molar-refractivity contribution in [3.63, 3.8) is 0 Å². The molecule has 0 spiro atoms. The Hall–Kier alpha value is -1.76. The lowest BCUT2D eigenvalue weighted by molar-refractivity contribution is -0.385. The van der Waals surface area contributed by atoms with Gasteiger partial charge in [0.05, 0.1) is 22.2 Å². The first-order chi connectivity index (χ1) is 12.0. The fourth-order valence-electron chi connectivity index (χ4n) is 2.11. The molecule has 26 heavy (non-hydrogen) atoms. The summed E-state index contributed by atoms with van der Waals surface area (Å²) in [6.07, 6.45) is 3.47. The molecular weight excluding hydrogens is 469 g/mol. The van der Waals surface area contributed by atoms with Gasteiger partial charge in [-0.1, -0.05) is 0 Å². The zero-order chi connectivity index (χ0) is 18.2. The second-order valence-corrected chi connectivity index (χ2v) is 6.69.